The monoisotopic (exact) mass is 451 g/mol. The van der Waals surface area contributed by atoms with Crippen LogP contribution in [0, 0.1) is 11.7 Å². The van der Waals surface area contributed by atoms with E-state index in [2.05, 4.69) is 25.5 Å². The molecule has 0 aliphatic heterocycles. The molecule has 4 aromatic rings. The van der Waals surface area contributed by atoms with Gasteiger partial charge in [-0.2, -0.15) is 5.10 Å². The number of aromatic amines is 1. The maximum absolute atomic E-state index is 14.8. The van der Waals surface area contributed by atoms with Crippen LogP contribution in [0.25, 0.3) is 32.5 Å². The van der Waals surface area contributed by atoms with Gasteiger partial charge in [-0.05, 0) is 24.8 Å². The number of halogens is 3. The van der Waals surface area contributed by atoms with E-state index in [1.54, 1.807) is 24.6 Å². The Morgan fingerprint density at radius 1 is 1.41 bits per heavy atom. The Balaban J connectivity index is 1.58. The van der Waals surface area contributed by atoms with Gasteiger partial charge in [0.15, 0.2) is 10.9 Å². The second-order valence-corrected chi connectivity index (χ2v) is 8.75. The highest BCUT2D eigenvalue weighted by Gasteiger charge is 2.43. The number of benzene rings is 1. The molecular formula is C18H12ClF2N5OS2. The molecule has 11 heteroatoms. The summed E-state index contributed by atoms with van der Waals surface area (Å²) in [7, 11) is 0. The molecule has 1 aliphatic carbocycles. The Hall–Kier alpha value is -2.30. The number of hydrogen-bond acceptors (Lipinski definition) is 6. The van der Waals surface area contributed by atoms with Gasteiger partial charge in [-0.3, -0.25) is 9.89 Å². The van der Waals surface area contributed by atoms with Crippen LogP contribution in [0.2, 0.25) is 5.02 Å². The van der Waals surface area contributed by atoms with Crippen LogP contribution in [0.4, 0.5) is 13.9 Å². The van der Waals surface area contributed by atoms with Gasteiger partial charge in [0.1, 0.15) is 16.5 Å². The summed E-state index contributed by atoms with van der Waals surface area (Å²) in [6.07, 6.45) is 2.52. The van der Waals surface area contributed by atoms with Gasteiger partial charge < -0.3 is 5.32 Å². The van der Waals surface area contributed by atoms with Gasteiger partial charge >= 0.3 is 0 Å². The molecule has 29 heavy (non-hydrogen) atoms. The number of H-pyrrole nitrogens is 1. The van der Waals surface area contributed by atoms with Crippen LogP contribution in [0.3, 0.4) is 0 Å². The van der Waals surface area contributed by atoms with Crippen LogP contribution in [0.5, 0.6) is 0 Å². The van der Waals surface area contributed by atoms with Crippen LogP contribution in [-0.4, -0.2) is 38.5 Å². The fourth-order valence-corrected chi connectivity index (χ4v) is 5.00. The van der Waals surface area contributed by atoms with E-state index in [0.29, 0.717) is 42.5 Å². The van der Waals surface area contributed by atoms with Gasteiger partial charge in [-0.25, -0.2) is 18.7 Å². The lowest BCUT2D eigenvalue weighted by atomic mass is 10.1. The van der Waals surface area contributed by atoms with Crippen molar-refractivity contribution in [3.8, 4) is 11.3 Å². The number of thiazole rings is 1. The smallest absolute Gasteiger partial charge is 0.232 e. The highest BCUT2D eigenvalue weighted by molar-refractivity contribution is 7.98. The van der Waals surface area contributed by atoms with Crippen LogP contribution < -0.4 is 5.32 Å². The Kier molecular flexibility index (Phi) is 4.45. The fourth-order valence-electron chi connectivity index (χ4n) is 3.17. The predicted octanol–water partition coefficient (Wildman–Crippen LogP) is 5.05. The van der Waals surface area contributed by atoms with Crippen molar-refractivity contribution in [2.75, 3.05) is 11.6 Å². The summed E-state index contributed by atoms with van der Waals surface area (Å²) in [5.74, 6) is -1.51. The molecule has 148 valence electrons. The number of pyridine rings is 1. The summed E-state index contributed by atoms with van der Waals surface area (Å²) in [5.41, 5.74) is 2.03. The largest absolute Gasteiger partial charge is 0.302 e. The van der Waals surface area contributed by atoms with Crippen LogP contribution in [-0.2, 0) is 4.79 Å². The minimum absolute atomic E-state index is 0.0316. The number of amides is 1. The number of nitrogens with zero attached hydrogens (tertiary/aromatic N) is 3. The Morgan fingerprint density at radius 3 is 2.93 bits per heavy atom. The SMILES string of the molecule is CSc1c(F)c(Cl)c(-c2ccc3nc(NC(=O)C4CC4F)sc3n2)c2cn[nH]c12. The minimum Gasteiger partial charge on any atom is -0.302 e. The molecule has 6 nitrogen and oxygen atoms in total. The first-order valence-electron chi connectivity index (χ1n) is 8.59. The molecule has 1 fully saturated rings. The summed E-state index contributed by atoms with van der Waals surface area (Å²) >= 11 is 8.76. The molecular weight excluding hydrogens is 440 g/mol. The highest BCUT2D eigenvalue weighted by atomic mass is 35.5. The molecule has 0 bridgehead atoms. The summed E-state index contributed by atoms with van der Waals surface area (Å²) in [6.45, 7) is 0. The summed E-state index contributed by atoms with van der Waals surface area (Å²) in [6, 6.07) is 3.42. The third kappa shape index (κ3) is 3.06. The maximum Gasteiger partial charge on any atom is 0.232 e. The van der Waals surface area contributed by atoms with Crippen molar-refractivity contribution in [1.29, 1.82) is 0 Å². The lowest BCUT2D eigenvalue weighted by molar-refractivity contribution is -0.117. The first kappa shape index (κ1) is 18.7. The van der Waals surface area contributed by atoms with Gasteiger partial charge in [-0.1, -0.05) is 22.9 Å². The molecule has 2 N–H and O–H groups in total. The molecule has 2 unspecified atom stereocenters. The van der Waals surface area contributed by atoms with Crippen molar-refractivity contribution < 1.29 is 13.6 Å². The first-order valence-corrected chi connectivity index (χ1v) is 11.0. The molecule has 0 saturated heterocycles. The van der Waals surface area contributed by atoms with Crippen molar-refractivity contribution in [1.82, 2.24) is 20.2 Å². The summed E-state index contributed by atoms with van der Waals surface area (Å²) in [4.78, 5) is 21.8. The molecule has 3 heterocycles. The number of aromatic nitrogens is 4. The molecule has 1 aliphatic rings. The van der Waals surface area contributed by atoms with E-state index in [-0.39, 0.29) is 17.4 Å². The minimum atomic E-state index is -1.08. The van der Waals surface area contributed by atoms with E-state index in [0.717, 1.165) is 0 Å². The average molecular weight is 452 g/mol. The number of hydrogen-bond donors (Lipinski definition) is 2. The standard InChI is InChI=1S/C18H12ClF2N5OS2/c1-28-15-13(21)12(19)11(7-5-22-26-14(7)15)9-2-3-10-17(23-9)29-18(24-10)25-16(27)6-4-8(6)20/h2-3,5-6,8H,4H2,1H3,(H,22,26)(H,24,25,27). The van der Waals surface area contributed by atoms with Gasteiger partial charge in [-0.15, -0.1) is 11.8 Å². The second kappa shape index (κ2) is 6.89. The Morgan fingerprint density at radius 2 is 2.21 bits per heavy atom. The zero-order valence-electron chi connectivity index (χ0n) is 14.8. The summed E-state index contributed by atoms with van der Waals surface area (Å²) in [5, 5.41) is 10.4. The van der Waals surface area contributed by atoms with Gasteiger partial charge in [0, 0.05) is 10.9 Å². The molecule has 1 saturated carbocycles. The zero-order chi connectivity index (χ0) is 20.3. The molecule has 5 rings (SSSR count). The number of anilines is 1. The van der Waals surface area contributed by atoms with E-state index >= 15 is 0 Å². The number of nitrogens with one attached hydrogen (secondary N) is 2. The highest BCUT2D eigenvalue weighted by Crippen LogP contribution is 2.42. The van der Waals surface area contributed by atoms with Crippen molar-refractivity contribution in [3.63, 3.8) is 0 Å². The molecule has 1 aromatic carbocycles. The quantitative estimate of drug-likeness (QED) is 0.424. The lowest BCUT2D eigenvalue weighted by Gasteiger charge is -2.10. The second-order valence-electron chi connectivity index (χ2n) is 6.58. The van der Waals surface area contributed by atoms with E-state index in [9.17, 15) is 13.6 Å². The number of carbonyl (C=O) groups is 1. The van der Waals surface area contributed by atoms with Gasteiger partial charge in [0.2, 0.25) is 5.91 Å². The van der Waals surface area contributed by atoms with E-state index in [4.69, 9.17) is 11.6 Å². The fraction of sp³-hybridized carbons (Fsp3) is 0.222. The topological polar surface area (TPSA) is 83.6 Å². The molecule has 0 radical (unpaired) electrons. The number of carbonyl (C=O) groups excluding carboxylic acids is 1. The predicted molar refractivity (Wildman–Crippen MR) is 111 cm³/mol. The third-order valence-corrected chi connectivity index (χ3v) is 6.77. The zero-order valence-corrected chi connectivity index (χ0v) is 17.2. The van der Waals surface area contributed by atoms with Gasteiger partial charge in [0.25, 0.3) is 0 Å². The van der Waals surface area contributed by atoms with E-state index in [1.807, 2.05) is 0 Å². The number of alkyl halides is 1. The van der Waals surface area contributed by atoms with Crippen molar-refractivity contribution in [3.05, 3.63) is 29.2 Å². The number of fused-ring (bicyclic) bond motifs is 2. The van der Waals surface area contributed by atoms with Gasteiger partial charge in [0.05, 0.1) is 33.2 Å². The Labute approximate surface area is 176 Å². The molecule has 0 spiro atoms. The third-order valence-electron chi connectivity index (χ3n) is 4.74. The van der Waals surface area contributed by atoms with Crippen LogP contribution in [0.1, 0.15) is 6.42 Å². The average Bonchev–Trinajstić information content (AvgIpc) is 3.08. The van der Waals surface area contributed by atoms with Crippen LogP contribution in [0.15, 0.2) is 23.2 Å². The number of thioether (sulfide) groups is 1. The van der Waals surface area contributed by atoms with E-state index in [1.165, 1.54) is 23.1 Å². The van der Waals surface area contributed by atoms with Crippen LogP contribution >= 0.6 is 34.7 Å². The number of rotatable bonds is 4. The van der Waals surface area contributed by atoms with Crippen molar-refractivity contribution >= 4 is 67.0 Å². The maximum atomic E-state index is 14.8. The summed E-state index contributed by atoms with van der Waals surface area (Å²) < 4.78 is 27.9. The molecule has 3 aromatic heterocycles. The lowest BCUT2D eigenvalue weighted by Crippen LogP contribution is -2.14. The normalized spacial score (nSPS) is 18.5. The Bertz CT molecular complexity index is 1290. The first-order chi connectivity index (χ1) is 14.0. The molecule has 2 atom stereocenters. The molecule has 1 amide bonds. The van der Waals surface area contributed by atoms with Crippen molar-refractivity contribution in [2.45, 2.75) is 17.5 Å². The van der Waals surface area contributed by atoms with E-state index < -0.39 is 17.9 Å². The van der Waals surface area contributed by atoms with Crippen molar-refractivity contribution in [2.24, 2.45) is 5.92 Å².